The molecule has 0 aliphatic rings. The van der Waals surface area contributed by atoms with Gasteiger partial charge in [-0.25, -0.2) is 4.98 Å². The molecule has 0 amide bonds. The van der Waals surface area contributed by atoms with Crippen molar-refractivity contribution in [1.82, 2.24) is 4.98 Å². The lowest BCUT2D eigenvalue weighted by Gasteiger charge is -2.12. The number of aryl methyl sites for hydroxylation is 1. The molecule has 0 saturated carbocycles. The number of hydrogen-bond donors (Lipinski definition) is 1. The predicted molar refractivity (Wildman–Crippen MR) is 71.5 cm³/mol. The molecule has 2 aromatic heterocycles. The fraction of sp³-hybridized carbons (Fsp3) is 0.308. The first-order valence-electron chi connectivity index (χ1n) is 5.79. The highest BCUT2D eigenvalue weighted by Crippen LogP contribution is 2.35. The van der Waals surface area contributed by atoms with Crippen molar-refractivity contribution in [1.29, 1.82) is 0 Å². The topological polar surface area (TPSA) is 24.9 Å². The maximum absolute atomic E-state index is 12.9. The van der Waals surface area contributed by atoms with Crippen LogP contribution in [0, 0.1) is 6.92 Å². The number of alkyl halides is 3. The van der Waals surface area contributed by atoms with Gasteiger partial charge in [0.2, 0.25) is 0 Å². The summed E-state index contributed by atoms with van der Waals surface area (Å²) in [6, 6.07) is 4.00. The largest absolute Gasteiger partial charge is 0.416 e. The Labute approximate surface area is 113 Å². The van der Waals surface area contributed by atoms with Gasteiger partial charge in [0.1, 0.15) is 5.82 Å². The highest BCUT2D eigenvalue weighted by molar-refractivity contribution is 7.13. The van der Waals surface area contributed by atoms with Gasteiger partial charge in [0.25, 0.3) is 0 Å². The third kappa shape index (κ3) is 3.07. The third-order valence-electron chi connectivity index (χ3n) is 2.61. The lowest BCUT2D eigenvalue weighted by atomic mass is 10.1. The van der Waals surface area contributed by atoms with Gasteiger partial charge < -0.3 is 5.32 Å². The number of halogens is 3. The molecule has 0 spiro atoms. The second kappa shape index (κ2) is 5.21. The summed E-state index contributed by atoms with van der Waals surface area (Å²) in [6.07, 6.45) is -4.37. The van der Waals surface area contributed by atoms with Gasteiger partial charge in [-0.3, -0.25) is 0 Å². The van der Waals surface area contributed by atoms with Crippen molar-refractivity contribution in [3.05, 3.63) is 34.7 Å². The van der Waals surface area contributed by atoms with Gasteiger partial charge in [-0.2, -0.15) is 13.2 Å². The first-order valence-corrected chi connectivity index (χ1v) is 6.67. The zero-order chi connectivity index (χ0) is 14.0. The molecular formula is C13H13F3N2S. The zero-order valence-electron chi connectivity index (χ0n) is 10.5. The number of hydrogen-bond acceptors (Lipinski definition) is 3. The highest BCUT2D eigenvalue weighted by Gasteiger charge is 2.32. The molecule has 0 bridgehead atoms. The van der Waals surface area contributed by atoms with Crippen LogP contribution in [0.15, 0.2) is 23.6 Å². The van der Waals surface area contributed by atoms with Crippen LogP contribution in [-0.4, -0.2) is 11.5 Å². The van der Waals surface area contributed by atoms with Crippen LogP contribution in [0.25, 0.3) is 10.6 Å². The van der Waals surface area contributed by atoms with Crippen molar-refractivity contribution in [2.45, 2.75) is 20.0 Å². The van der Waals surface area contributed by atoms with E-state index >= 15 is 0 Å². The molecule has 0 aliphatic carbocycles. The normalized spacial score (nSPS) is 11.6. The van der Waals surface area contributed by atoms with Crippen LogP contribution in [0.4, 0.5) is 19.0 Å². The van der Waals surface area contributed by atoms with E-state index in [1.54, 1.807) is 0 Å². The number of nitrogens with one attached hydrogen (secondary N) is 1. The first-order chi connectivity index (χ1) is 8.91. The van der Waals surface area contributed by atoms with E-state index in [1.807, 2.05) is 25.3 Å². The number of aromatic nitrogens is 1. The van der Waals surface area contributed by atoms with E-state index in [9.17, 15) is 13.2 Å². The van der Waals surface area contributed by atoms with Crippen molar-refractivity contribution in [2.75, 3.05) is 11.9 Å². The minimum Gasteiger partial charge on any atom is -0.370 e. The predicted octanol–water partition coefficient (Wildman–Crippen LogP) is 4.57. The van der Waals surface area contributed by atoms with E-state index in [1.165, 1.54) is 11.3 Å². The Kier molecular flexibility index (Phi) is 3.80. The second-order valence-electron chi connectivity index (χ2n) is 4.09. The average Bonchev–Trinajstić information content (AvgIpc) is 2.74. The van der Waals surface area contributed by atoms with Crippen LogP contribution in [-0.2, 0) is 6.18 Å². The molecule has 0 aliphatic heterocycles. The van der Waals surface area contributed by atoms with Gasteiger partial charge in [-0.05, 0) is 43.0 Å². The number of anilines is 1. The molecule has 2 nitrogen and oxygen atoms in total. The molecule has 0 radical (unpaired) electrons. The number of thiophene rings is 1. The molecule has 2 rings (SSSR count). The minimum absolute atomic E-state index is 0.250. The second-order valence-corrected chi connectivity index (χ2v) is 5.00. The van der Waals surface area contributed by atoms with Crippen molar-refractivity contribution in [3.8, 4) is 10.6 Å². The quantitative estimate of drug-likeness (QED) is 0.894. The van der Waals surface area contributed by atoms with Crippen LogP contribution < -0.4 is 5.32 Å². The summed E-state index contributed by atoms with van der Waals surface area (Å²) in [5, 5.41) is 4.68. The third-order valence-corrected chi connectivity index (χ3v) is 3.64. The standard InChI is InChI=1S/C13H13F3N2S/c1-3-17-11-7-9(13(14,15)16)6-10(18-11)12-8(2)4-5-19-12/h4-7H,3H2,1-2H3,(H,17,18). The molecule has 0 unspecified atom stereocenters. The SMILES string of the molecule is CCNc1cc(C(F)(F)F)cc(-c2sccc2C)n1. The summed E-state index contributed by atoms with van der Waals surface area (Å²) in [7, 11) is 0. The van der Waals surface area contributed by atoms with Crippen LogP contribution in [0.5, 0.6) is 0 Å². The van der Waals surface area contributed by atoms with E-state index in [4.69, 9.17) is 0 Å². The van der Waals surface area contributed by atoms with Gasteiger partial charge in [0, 0.05) is 6.54 Å². The van der Waals surface area contributed by atoms with E-state index in [0.717, 1.165) is 22.6 Å². The Morgan fingerprint density at radius 3 is 2.58 bits per heavy atom. The van der Waals surface area contributed by atoms with Gasteiger partial charge in [-0.1, -0.05) is 0 Å². The molecule has 19 heavy (non-hydrogen) atoms. The molecule has 0 saturated heterocycles. The number of rotatable bonds is 3. The van der Waals surface area contributed by atoms with E-state index in [0.29, 0.717) is 12.2 Å². The van der Waals surface area contributed by atoms with E-state index in [2.05, 4.69) is 10.3 Å². The monoisotopic (exact) mass is 286 g/mol. The fourth-order valence-corrected chi connectivity index (χ4v) is 2.60. The minimum atomic E-state index is -4.37. The molecular weight excluding hydrogens is 273 g/mol. The molecule has 0 aromatic carbocycles. The summed E-state index contributed by atoms with van der Waals surface area (Å²) in [6.45, 7) is 4.20. The van der Waals surface area contributed by atoms with Crippen molar-refractivity contribution < 1.29 is 13.2 Å². The summed E-state index contributed by atoms with van der Waals surface area (Å²) in [5.74, 6) is 0.250. The molecule has 6 heteroatoms. The Bertz CT molecular complexity index is 576. The van der Waals surface area contributed by atoms with E-state index in [-0.39, 0.29) is 5.82 Å². The average molecular weight is 286 g/mol. The number of nitrogens with zero attached hydrogens (tertiary/aromatic N) is 1. The Hall–Kier alpha value is -1.56. The molecule has 0 atom stereocenters. The molecule has 2 aromatic rings. The summed E-state index contributed by atoms with van der Waals surface area (Å²) < 4.78 is 38.6. The highest BCUT2D eigenvalue weighted by atomic mass is 32.1. The van der Waals surface area contributed by atoms with Crippen LogP contribution in [0.3, 0.4) is 0 Å². The van der Waals surface area contributed by atoms with Gasteiger partial charge >= 0.3 is 6.18 Å². The maximum atomic E-state index is 12.9. The first kappa shape index (κ1) is 13.9. The summed E-state index contributed by atoms with van der Waals surface area (Å²) in [5.41, 5.74) is 0.610. The Morgan fingerprint density at radius 1 is 1.32 bits per heavy atom. The van der Waals surface area contributed by atoms with Crippen LogP contribution >= 0.6 is 11.3 Å². The maximum Gasteiger partial charge on any atom is 0.416 e. The van der Waals surface area contributed by atoms with Crippen molar-refractivity contribution in [3.63, 3.8) is 0 Å². The Morgan fingerprint density at radius 2 is 2.05 bits per heavy atom. The smallest absolute Gasteiger partial charge is 0.370 e. The lowest BCUT2D eigenvalue weighted by molar-refractivity contribution is -0.137. The molecule has 0 fully saturated rings. The molecule has 102 valence electrons. The zero-order valence-corrected chi connectivity index (χ0v) is 11.3. The Balaban J connectivity index is 2.55. The molecule has 2 heterocycles. The fourth-order valence-electron chi connectivity index (χ4n) is 1.72. The summed E-state index contributed by atoms with van der Waals surface area (Å²) >= 11 is 1.39. The van der Waals surface area contributed by atoms with Gasteiger partial charge in [0.05, 0.1) is 16.1 Å². The summed E-state index contributed by atoms with van der Waals surface area (Å²) in [4.78, 5) is 5.01. The lowest BCUT2D eigenvalue weighted by Crippen LogP contribution is -2.08. The number of pyridine rings is 1. The van der Waals surface area contributed by atoms with Gasteiger partial charge in [0.15, 0.2) is 0 Å². The van der Waals surface area contributed by atoms with Crippen molar-refractivity contribution >= 4 is 17.2 Å². The van der Waals surface area contributed by atoms with Crippen LogP contribution in [0.1, 0.15) is 18.1 Å². The van der Waals surface area contributed by atoms with E-state index < -0.39 is 11.7 Å². The van der Waals surface area contributed by atoms with Crippen LogP contribution in [0.2, 0.25) is 0 Å². The van der Waals surface area contributed by atoms with Crippen molar-refractivity contribution in [2.24, 2.45) is 0 Å². The van der Waals surface area contributed by atoms with Gasteiger partial charge in [-0.15, -0.1) is 11.3 Å². The molecule has 1 N–H and O–H groups in total.